The van der Waals surface area contributed by atoms with Crippen LogP contribution in [0.4, 0.5) is 5.82 Å². The van der Waals surface area contributed by atoms with Crippen LogP contribution in [0.5, 0.6) is 0 Å². The molecule has 16 heteroatoms. The van der Waals surface area contributed by atoms with E-state index in [-0.39, 0.29) is 31.8 Å². The van der Waals surface area contributed by atoms with Gasteiger partial charge in [-0.15, -0.1) is 0 Å². The molecular formula is C12H23ClN6O7P2. The molecule has 160 valence electrons. The molecule has 2 rings (SSSR count). The number of rotatable bonds is 11. The molecule has 0 amide bonds. The zero-order valence-electron chi connectivity index (χ0n) is 14.8. The summed E-state index contributed by atoms with van der Waals surface area (Å²) in [5, 5.41) is 2.88. The van der Waals surface area contributed by atoms with E-state index in [1.165, 1.54) is 0 Å². The van der Waals surface area contributed by atoms with Crippen LogP contribution in [0, 0.1) is 0 Å². The normalized spacial score (nSPS) is 17.4. The maximum Gasteiger partial charge on any atom is 0.350 e. The van der Waals surface area contributed by atoms with E-state index in [0.717, 1.165) is 0 Å². The van der Waals surface area contributed by atoms with E-state index in [0.29, 0.717) is 24.6 Å². The Kier molecular flexibility index (Phi) is 8.03. The molecule has 13 nitrogen and oxygen atoms in total. The van der Waals surface area contributed by atoms with Crippen molar-refractivity contribution in [3.8, 4) is 0 Å². The Balaban J connectivity index is 1.95. The predicted octanol–water partition coefficient (Wildman–Crippen LogP) is -0.508. The molecule has 7 N–H and O–H groups in total. The number of halogens is 1. The molecule has 1 aliphatic rings. The molecule has 0 saturated heterocycles. The highest BCUT2D eigenvalue weighted by Crippen LogP contribution is 2.35. The zero-order valence-corrected chi connectivity index (χ0v) is 17.3. The lowest BCUT2D eigenvalue weighted by Crippen LogP contribution is -2.34. The highest BCUT2D eigenvalue weighted by molar-refractivity contribution is 7.51. The minimum atomic E-state index is -4.27. The topological polar surface area (TPSA) is 196 Å². The highest BCUT2D eigenvalue weighted by Gasteiger charge is 2.24. The van der Waals surface area contributed by atoms with Crippen LogP contribution in [0.15, 0.2) is 11.3 Å². The number of aromatic nitrogens is 2. The van der Waals surface area contributed by atoms with Crippen molar-refractivity contribution in [1.82, 2.24) is 14.5 Å². The van der Waals surface area contributed by atoms with Gasteiger partial charge in [-0.1, -0.05) is 11.6 Å². The van der Waals surface area contributed by atoms with Crippen molar-refractivity contribution in [2.24, 2.45) is 10.7 Å². The van der Waals surface area contributed by atoms with Crippen molar-refractivity contribution >= 4 is 38.6 Å². The van der Waals surface area contributed by atoms with Crippen molar-refractivity contribution in [2.75, 3.05) is 44.1 Å². The smallest absolute Gasteiger partial charge is 0.350 e. The van der Waals surface area contributed by atoms with Crippen molar-refractivity contribution in [2.45, 2.75) is 12.0 Å². The lowest BCUT2D eigenvalue weighted by atomic mass is 10.3. The Labute approximate surface area is 165 Å². The minimum Gasteiger partial charge on any atom is -0.370 e. The summed E-state index contributed by atoms with van der Waals surface area (Å²) < 4.78 is 28.6. The molecule has 0 aliphatic carbocycles. The molecule has 0 spiro atoms. The molecular weight excluding hydrogens is 438 g/mol. The number of guanidine groups is 1. The minimum absolute atomic E-state index is 0.00405. The number of nitrogens with zero attached hydrogens (tertiary/aromatic N) is 4. The van der Waals surface area contributed by atoms with E-state index in [2.05, 4.69) is 15.3 Å². The fourth-order valence-corrected chi connectivity index (χ4v) is 3.62. The lowest BCUT2D eigenvalue weighted by Gasteiger charge is -2.24. The first kappa shape index (κ1) is 23.3. The molecule has 1 aliphatic heterocycles. The van der Waals surface area contributed by atoms with Gasteiger partial charge in [0, 0.05) is 26.2 Å². The Bertz CT molecular complexity index is 793. The van der Waals surface area contributed by atoms with Crippen LogP contribution in [-0.4, -0.2) is 78.7 Å². The third-order valence-electron chi connectivity index (χ3n) is 3.77. The molecule has 1 unspecified atom stereocenters. The van der Waals surface area contributed by atoms with Gasteiger partial charge in [0.05, 0.1) is 19.1 Å². The molecule has 0 bridgehead atoms. The van der Waals surface area contributed by atoms with Crippen LogP contribution < -0.4 is 11.1 Å². The van der Waals surface area contributed by atoms with Gasteiger partial charge in [0.2, 0.25) is 0 Å². The van der Waals surface area contributed by atoms with Crippen LogP contribution in [0.25, 0.3) is 0 Å². The fraction of sp³-hybridized carbons (Fsp3) is 0.667. The summed E-state index contributed by atoms with van der Waals surface area (Å²) in [4.78, 5) is 45.6. The number of imidazole rings is 1. The second-order valence-electron chi connectivity index (χ2n) is 6.08. The average Bonchev–Trinajstić information content (AvgIpc) is 2.94. The molecule has 0 radical (unpaired) electrons. The van der Waals surface area contributed by atoms with Gasteiger partial charge in [-0.05, 0) is 0 Å². The standard InChI is InChI=1S/C12H23ClN6O7P2/c13-10-9-11(17-12(14)16-10)19(7-15-9)2-1-18(4-6-27(20,21)22)3-5-26-8-28(23,24)25/h7,10H,1-6,8H2,(H3,14,16,17)(H2,20,21,22)(H2,23,24,25). The van der Waals surface area contributed by atoms with E-state index in [1.54, 1.807) is 15.8 Å². The van der Waals surface area contributed by atoms with E-state index in [4.69, 9.17) is 41.6 Å². The molecule has 1 aromatic rings. The van der Waals surface area contributed by atoms with Crippen LogP contribution in [0.2, 0.25) is 0 Å². The first-order valence-corrected chi connectivity index (χ1v) is 12.2. The molecule has 0 fully saturated rings. The summed E-state index contributed by atoms with van der Waals surface area (Å²) in [5.41, 5.74) is 5.48. The van der Waals surface area contributed by atoms with Crippen LogP contribution in [0.1, 0.15) is 11.2 Å². The number of hydrogen-bond acceptors (Lipinski definition) is 8. The number of aliphatic imine (C=N–C) groups is 1. The Morgan fingerprint density at radius 3 is 2.61 bits per heavy atom. The number of alkyl halides is 1. The first-order chi connectivity index (χ1) is 12.9. The van der Waals surface area contributed by atoms with Crippen molar-refractivity contribution < 1.29 is 33.4 Å². The third-order valence-corrected chi connectivity index (χ3v) is 5.37. The summed E-state index contributed by atoms with van der Waals surface area (Å²) in [7, 11) is -8.46. The molecule has 28 heavy (non-hydrogen) atoms. The lowest BCUT2D eigenvalue weighted by molar-refractivity contribution is 0.122. The van der Waals surface area contributed by atoms with Gasteiger partial charge in [-0.3, -0.25) is 14.0 Å². The van der Waals surface area contributed by atoms with E-state index in [1.807, 2.05) is 0 Å². The largest absolute Gasteiger partial charge is 0.370 e. The number of hydrogen-bond donors (Lipinski definition) is 6. The van der Waals surface area contributed by atoms with Gasteiger partial charge in [-0.2, -0.15) is 0 Å². The number of ether oxygens (including phenoxy) is 1. The Morgan fingerprint density at radius 1 is 1.25 bits per heavy atom. The molecule has 0 aromatic carbocycles. The monoisotopic (exact) mass is 460 g/mol. The van der Waals surface area contributed by atoms with Gasteiger partial charge in [0.15, 0.2) is 11.5 Å². The molecule has 1 aromatic heterocycles. The maximum absolute atomic E-state index is 11.2. The second-order valence-corrected chi connectivity index (χ2v) is 9.86. The quantitative estimate of drug-likeness (QED) is 0.108. The van der Waals surface area contributed by atoms with Crippen LogP contribution in [-0.2, 0) is 20.4 Å². The molecule has 0 saturated carbocycles. The number of fused-ring (bicyclic) bond motifs is 1. The summed E-state index contributed by atoms with van der Waals surface area (Å²) >= 11 is 6.08. The Hall–Kier alpha value is -1.01. The Morgan fingerprint density at radius 2 is 1.96 bits per heavy atom. The van der Waals surface area contributed by atoms with Crippen molar-refractivity contribution in [3.05, 3.63) is 12.0 Å². The van der Waals surface area contributed by atoms with Gasteiger partial charge in [0.25, 0.3) is 0 Å². The summed E-state index contributed by atoms with van der Waals surface area (Å²) in [6.07, 6.45) is 0.482. The zero-order chi connectivity index (χ0) is 20.9. The van der Waals surface area contributed by atoms with Crippen molar-refractivity contribution in [1.29, 1.82) is 0 Å². The predicted molar refractivity (Wildman–Crippen MR) is 102 cm³/mol. The van der Waals surface area contributed by atoms with Gasteiger partial charge in [0.1, 0.15) is 17.9 Å². The summed E-state index contributed by atoms with van der Waals surface area (Å²) in [6, 6.07) is 0. The van der Waals surface area contributed by atoms with Gasteiger partial charge >= 0.3 is 15.2 Å². The summed E-state index contributed by atoms with van der Waals surface area (Å²) in [5.74, 6) is 0.735. The van der Waals surface area contributed by atoms with E-state index in [9.17, 15) is 9.13 Å². The number of nitrogens with one attached hydrogen (secondary N) is 1. The highest BCUT2D eigenvalue weighted by atomic mass is 35.5. The second kappa shape index (κ2) is 9.66. The van der Waals surface area contributed by atoms with Crippen molar-refractivity contribution in [3.63, 3.8) is 0 Å². The molecule has 2 heterocycles. The average molecular weight is 461 g/mol. The van der Waals surface area contributed by atoms with Gasteiger partial charge < -0.3 is 39.9 Å². The fourth-order valence-electron chi connectivity index (χ4n) is 2.45. The third kappa shape index (κ3) is 7.78. The van der Waals surface area contributed by atoms with E-state index < -0.39 is 27.0 Å². The number of anilines is 1. The van der Waals surface area contributed by atoms with Crippen LogP contribution >= 0.6 is 26.8 Å². The first-order valence-electron chi connectivity index (χ1n) is 8.13. The van der Waals surface area contributed by atoms with Crippen LogP contribution in [0.3, 0.4) is 0 Å². The summed E-state index contributed by atoms with van der Waals surface area (Å²) in [6.45, 7) is 1.07. The van der Waals surface area contributed by atoms with Gasteiger partial charge in [-0.25, -0.2) is 9.98 Å². The maximum atomic E-state index is 11.2. The number of nitrogens with two attached hydrogens (primary N) is 1. The SMILES string of the molecule is NC1=NC(Cl)c2ncn(CCN(CCOCP(=O)(O)O)CCP(=O)(O)O)c2N1. The van der Waals surface area contributed by atoms with E-state index >= 15 is 0 Å². The molecule has 1 atom stereocenters.